The van der Waals surface area contributed by atoms with Crippen molar-refractivity contribution >= 4 is 40.0 Å². The average Bonchev–Trinajstić information content (AvgIpc) is 3.50. The summed E-state index contributed by atoms with van der Waals surface area (Å²) in [4.78, 5) is 21.0. The van der Waals surface area contributed by atoms with Gasteiger partial charge in [0.2, 0.25) is 0 Å². The van der Waals surface area contributed by atoms with Crippen LogP contribution in [0.2, 0.25) is 0 Å². The molecule has 0 saturated heterocycles. The van der Waals surface area contributed by atoms with Gasteiger partial charge in [0.05, 0.1) is 23.5 Å². The number of benzene rings is 1. The van der Waals surface area contributed by atoms with Crippen LogP contribution in [0.1, 0.15) is 65.3 Å². The highest BCUT2D eigenvalue weighted by Crippen LogP contribution is 2.25. The summed E-state index contributed by atoms with van der Waals surface area (Å²) < 4.78 is 10.2. The number of aryl methyl sites for hydroxylation is 2. The molecule has 3 heterocycles. The van der Waals surface area contributed by atoms with Gasteiger partial charge in [-0.05, 0) is 62.5 Å². The summed E-state index contributed by atoms with van der Waals surface area (Å²) in [5.41, 5.74) is 11.0. The van der Waals surface area contributed by atoms with Gasteiger partial charge in [-0.3, -0.25) is 0 Å². The first-order valence-corrected chi connectivity index (χ1v) is 15.1. The first-order chi connectivity index (χ1) is 19.3. The Morgan fingerprint density at radius 1 is 1.12 bits per heavy atom. The molecule has 11 nitrogen and oxygen atoms in total. The van der Waals surface area contributed by atoms with Crippen molar-refractivity contribution in [2.24, 2.45) is 0 Å². The molecule has 0 fully saturated rings. The molecule has 5 N–H and O–H groups in total. The minimum atomic E-state index is -1.50. The van der Waals surface area contributed by atoms with Gasteiger partial charge in [0.1, 0.15) is 17.7 Å². The summed E-state index contributed by atoms with van der Waals surface area (Å²) in [6, 6.07) is 6.55. The van der Waals surface area contributed by atoms with E-state index in [-0.39, 0.29) is 11.5 Å². The number of nitrogens with one attached hydrogen (secondary N) is 1. The monoisotopic (exact) mass is 586 g/mol. The molecular formula is C29H46N8O3S. The van der Waals surface area contributed by atoms with Crippen LogP contribution in [0.5, 0.6) is 0 Å². The number of aromatic nitrogens is 6. The molecule has 12 heteroatoms. The lowest BCUT2D eigenvalue weighted by molar-refractivity contribution is -0.127. The molecule has 0 aliphatic heterocycles. The minimum absolute atomic E-state index is 0.112. The van der Waals surface area contributed by atoms with E-state index in [0.717, 1.165) is 67.8 Å². The smallest absolute Gasteiger partial charge is 0.165 e. The van der Waals surface area contributed by atoms with Gasteiger partial charge in [-0.2, -0.15) is 0 Å². The predicted octanol–water partition coefficient (Wildman–Crippen LogP) is 4.30. The lowest BCUT2D eigenvalue weighted by Gasteiger charge is -2.24. The lowest BCUT2D eigenvalue weighted by atomic mass is 9.87. The maximum Gasteiger partial charge on any atom is 0.165 e. The number of anilines is 1. The van der Waals surface area contributed by atoms with Gasteiger partial charge in [-0.1, -0.05) is 38.8 Å². The maximum absolute atomic E-state index is 8.08. The number of nitrogens with two attached hydrogens (primary N) is 1. The fraction of sp³-hybridized carbons (Fsp3) is 0.586. The molecule has 0 bridgehead atoms. The van der Waals surface area contributed by atoms with Crippen molar-refractivity contribution in [3.63, 3.8) is 0 Å². The van der Waals surface area contributed by atoms with E-state index in [9.17, 15) is 0 Å². The van der Waals surface area contributed by atoms with E-state index in [0.29, 0.717) is 11.3 Å². The number of nitrogen functional groups attached to an aromatic ring is 1. The molecule has 0 spiro atoms. The second kappa shape index (κ2) is 14.4. The molecule has 0 radical (unpaired) electrons. The highest BCUT2D eigenvalue weighted by molar-refractivity contribution is 7.96. The quantitative estimate of drug-likeness (QED) is 0.107. The van der Waals surface area contributed by atoms with Crippen LogP contribution >= 0.6 is 11.9 Å². The molecule has 0 aliphatic rings. The Kier molecular flexibility index (Phi) is 11.5. The number of fused-ring (bicyclic) bond motifs is 2. The fourth-order valence-corrected chi connectivity index (χ4v) is 4.97. The molecule has 0 saturated carbocycles. The minimum Gasteiger partial charge on any atom is -0.382 e. The number of nitrogens with zero attached hydrogens (tertiary/aromatic N) is 6. The van der Waals surface area contributed by atoms with Crippen LogP contribution in [0.15, 0.2) is 30.9 Å². The third kappa shape index (κ3) is 10.2. The summed E-state index contributed by atoms with van der Waals surface area (Å²) in [6.45, 7) is 11.9. The zero-order valence-electron chi connectivity index (χ0n) is 25.4. The highest BCUT2D eigenvalue weighted by Gasteiger charge is 2.17. The van der Waals surface area contributed by atoms with Gasteiger partial charge in [-0.15, -0.1) is 0 Å². The van der Waals surface area contributed by atoms with Gasteiger partial charge >= 0.3 is 0 Å². The van der Waals surface area contributed by atoms with E-state index in [1.165, 1.54) is 25.7 Å². The number of H-pyrrole nitrogens is 1. The van der Waals surface area contributed by atoms with E-state index in [4.69, 9.17) is 25.7 Å². The number of aromatic amines is 1. The average molecular weight is 587 g/mol. The van der Waals surface area contributed by atoms with E-state index < -0.39 is 5.79 Å². The van der Waals surface area contributed by atoms with E-state index in [2.05, 4.69) is 69.5 Å². The Balaban J connectivity index is 0.000000850. The van der Waals surface area contributed by atoms with Crippen molar-refractivity contribution in [2.75, 3.05) is 32.2 Å². The zero-order valence-corrected chi connectivity index (χ0v) is 26.2. The van der Waals surface area contributed by atoms with Crippen molar-refractivity contribution in [1.29, 1.82) is 0 Å². The van der Waals surface area contributed by atoms with Gasteiger partial charge in [0.15, 0.2) is 17.3 Å². The molecule has 1 aromatic carbocycles. The molecule has 41 heavy (non-hydrogen) atoms. The number of rotatable bonds is 12. The van der Waals surface area contributed by atoms with Gasteiger partial charge < -0.3 is 30.2 Å². The summed E-state index contributed by atoms with van der Waals surface area (Å²) in [5.74, 6) is -0.0218. The summed E-state index contributed by atoms with van der Waals surface area (Å²) in [7, 11) is 1.78. The molecule has 0 aliphatic carbocycles. The Labute approximate surface area is 247 Å². The number of methoxy groups -OCH3 is 1. The number of imidazole rings is 2. The van der Waals surface area contributed by atoms with E-state index in [1.807, 2.05) is 4.57 Å². The number of aliphatic hydroxyl groups is 2. The van der Waals surface area contributed by atoms with Crippen molar-refractivity contribution in [3.8, 4) is 0 Å². The Morgan fingerprint density at radius 3 is 2.51 bits per heavy atom. The lowest BCUT2D eigenvalue weighted by Crippen LogP contribution is -2.30. The predicted molar refractivity (Wildman–Crippen MR) is 166 cm³/mol. The van der Waals surface area contributed by atoms with E-state index >= 15 is 0 Å². The van der Waals surface area contributed by atoms with Crippen LogP contribution < -0.4 is 5.73 Å². The number of hydrogen-bond donors (Lipinski definition) is 4. The number of unbranched alkanes of at least 4 members (excludes halogenated alkanes) is 1. The third-order valence-corrected chi connectivity index (χ3v) is 7.44. The standard InChI is InChI=1S/C26H38N8OS.C3H8O2/c1-26(2,3)18-9-10-20-21(14-18)32-22(31-20)8-6-7-12-34(36-5)15-19(35-4)11-13-33-17-30-23-24(27)28-16-29-25(23)33;1-3(2,4)5/h9-10,14,16-17,19H,6-8,11-13,15H2,1-5H3,(H,31,32)(H2,27,28,29);4-5H,1-2H3. The summed E-state index contributed by atoms with van der Waals surface area (Å²) in [6.07, 6.45) is 9.49. The second-order valence-electron chi connectivity index (χ2n) is 11.7. The topological polar surface area (TPSA) is 151 Å². The van der Waals surface area contributed by atoms with Crippen LogP contribution in [0.3, 0.4) is 0 Å². The Morgan fingerprint density at radius 2 is 1.85 bits per heavy atom. The zero-order chi connectivity index (χ0) is 30.2. The summed E-state index contributed by atoms with van der Waals surface area (Å²) in [5, 5.41) is 16.2. The molecule has 226 valence electrons. The summed E-state index contributed by atoms with van der Waals surface area (Å²) >= 11 is 1.77. The third-order valence-electron chi connectivity index (χ3n) is 6.59. The molecule has 4 aromatic rings. The second-order valence-corrected chi connectivity index (χ2v) is 12.6. The Bertz CT molecular complexity index is 1370. The van der Waals surface area contributed by atoms with Crippen molar-refractivity contribution in [2.45, 2.75) is 84.2 Å². The van der Waals surface area contributed by atoms with Crippen LogP contribution in [-0.4, -0.2) is 82.4 Å². The fourth-order valence-electron chi connectivity index (χ4n) is 4.34. The first kappa shape index (κ1) is 32.7. The van der Waals surface area contributed by atoms with E-state index in [1.54, 1.807) is 25.4 Å². The van der Waals surface area contributed by atoms with Crippen molar-refractivity contribution in [1.82, 2.24) is 33.8 Å². The molecule has 3 aromatic heterocycles. The van der Waals surface area contributed by atoms with Crippen molar-refractivity contribution in [3.05, 3.63) is 42.2 Å². The maximum atomic E-state index is 8.08. The highest BCUT2D eigenvalue weighted by atomic mass is 32.2. The molecule has 1 unspecified atom stereocenters. The van der Waals surface area contributed by atoms with Crippen LogP contribution in [0.4, 0.5) is 5.82 Å². The van der Waals surface area contributed by atoms with Gasteiger partial charge in [0.25, 0.3) is 0 Å². The normalized spacial score (nSPS) is 13.1. The Hall–Kier alpha value is -2.77. The molecule has 0 amide bonds. The van der Waals surface area contributed by atoms with Gasteiger partial charge in [0, 0.05) is 33.2 Å². The van der Waals surface area contributed by atoms with Crippen molar-refractivity contribution < 1.29 is 14.9 Å². The first-order valence-electron chi connectivity index (χ1n) is 14.0. The SMILES string of the molecule is CC(C)(O)O.COC(CCn1cnc2c(N)ncnc21)CN(CCCCc1nc2ccc(C(C)(C)C)cc2[nH]1)SC. The molecule has 4 rings (SSSR count). The van der Waals surface area contributed by atoms with Crippen LogP contribution in [0, 0.1) is 0 Å². The largest absolute Gasteiger partial charge is 0.382 e. The molecular weight excluding hydrogens is 540 g/mol. The number of hydrogen-bond acceptors (Lipinski definition) is 10. The number of ether oxygens (including phenoxy) is 1. The van der Waals surface area contributed by atoms with Gasteiger partial charge in [-0.25, -0.2) is 24.2 Å². The van der Waals surface area contributed by atoms with Crippen LogP contribution in [0.25, 0.3) is 22.2 Å². The van der Waals surface area contributed by atoms with Crippen LogP contribution in [-0.2, 0) is 23.1 Å². The molecule has 1 atom stereocenters.